The van der Waals surface area contributed by atoms with E-state index in [1.54, 1.807) is 0 Å². The summed E-state index contributed by atoms with van der Waals surface area (Å²) in [5, 5.41) is 0. The Kier molecular flexibility index (Phi) is 5.45. The van der Waals surface area contributed by atoms with Crippen molar-refractivity contribution in [1.82, 2.24) is 0 Å². The molecule has 0 rings (SSSR count). The zero-order valence-corrected chi connectivity index (χ0v) is 5.12. The summed E-state index contributed by atoms with van der Waals surface area (Å²) >= 11 is 0. The summed E-state index contributed by atoms with van der Waals surface area (Å²) in [7, 11) is 0. The molecule has 0 amide bonds. The van der Waals surface area contributed by atoms with Crippen LogP contribution in [0.4, 0.5) is 0 Å². The first-order chi connectivity index (χ1) is 3.91. The fourth-order valence-electron chi connectivity index (χ4n) is 0.294. The average Bonchev–Trinajstić information content (AvgIpc) is 1.81. The molecule has 0 N–H and O–H groups in total. The maximum absolute atomic E-state index is 3.35. The average molecular weight is 105 g/mol. The normalized spacial score (nSPS) is 5.75. The molecule has 0 heterocycles. The molecule has 0 saturated heterocycles. The fraction of sp³-hybridized carbons (Fsp3) is 0.375. The van der Waals surface area contributed by atoms with Crippen molar-refractivity contribution in [3.05, 3.63) is 6.92 Å². The van der Waals surface area contributed by atoms with Crippen molar-refractivity contribution < 1.29 is 0 Å². The van der Waals surface area contributed by atoms with Crippen LogP contribution in [0, 0.1) is 30.6 Å². The van der Waals surface area contributed by atoms with E-state index in [1.165, 1.54) is 0 Å². The van der Waals surface area contributed by atoms with Gasteiger partial charge in [0.1, 0.15) is 0 Å². The highest BCUT2D eigenvalue weighted by Gasteiger charge is 1.61. The van der Waals surface area contributed by atoms with Gasteiger partial charge in [-0.3, -0.25) is 0 Å². The monoisotopic (exact) mass is 105 g/mol. The van der Waals surface area contributed by atoms with E-state index >= 15 is 0 Å². The van der Waals surface area contributed by atoms with Gasteiger partial charge in [0.15, 0.2) is 0 Å². The Balaban J connectivity index is 3.24. The molecular weight excluding hydrogens is 96.1 g/mol. The summed E-state index contributed by atoms with van der Waals surface area (Å²) in [6.45, 7) is 5.37. The van der Waals surface area contributed by atoms with E-state index in [0.29, 0.717) is 6.42 Å². The quantitative estimate of drug-likeness (QED) is 0.411. The Morgan fingerprint density at radius 3 is 2.50 bits per heavy atom. The van der Waals surface area contributed by atoms with Gasteiger partial charge in [0, 0.05) is 13.3 Å². The van der Waals surface area contributed by atoms with Crippen LogP contribution in [0.5, 0.6) is 0 Å². The zero-order chi connectivity index (χ0) is 6.24. The van der Waals surface area contributed by atoms with Crippen molar-refractivity contribution in [3.63, 3.8) is 0 Å². The summed E-state index contributed by atoms with van der Waals surface area (Å²) < 4.78 is 0. The fourth-order valence-corrected chi connectivity index (χ4v) is 0.294. The maximum atomic E-state index is 3.35. The molecular formula is C8H9. The van der Waals surface area contributed by atoms with Crippen LogP contribution in [0.3, 0.4) is 0 Å². The van der Waals surface area contributed by atoms with E-state index in [9.17, 15) is 0 Å². The van der Waals surface area contributed by atoms with E-state index < -0.39 is 0 Å². The topological polar surface area (TPSA) is 0 Å². The third-order valence-electron chi connectivity index (χ3n) is 0.604. The lowest BCUT2D eigenvalue weighted by atomic mass is 10.4. The van der Waals surface area contributed by atoms with Gasteiger partial charge in [-0.2, -0.15) is 0 Å². The molecule has 0 bridgehead atoms. The summed E-state index contributed by atoms with van der Waals surface area (Å²) in [6, 6.07) is 0. The van der Waals surface area contributed by atoms with Crippen LogP contribution in [-0.2, 0) is 0 Å². The molecule has 0 atom stereocenters. The molecule has 1 radical (unpaired) electrons. The van der Waals surface area contributed by atoms with Crippen molar-refractivity contribution in [2.24, 2.45) is 0 Å². The molecule has 0 aliphatic heterocycles. The van der Waals surface area contributed by atoms with Crippen LogP contribution in [0.15, 0.2) is 0 Å². The standard InChI is InChI=1S/C8H9/c1-3-5-7-8-6-4-2/h1,4,7H2,2H3. The molecule has 0 aromatic rings. The van der Waals surface area contributed by atoms with Crippen LogP contribution in [0.2, 0.25) is 0 Å². The molecule has 0 unspecified atom stereocenters. The molecule has 0 aromatic carbocycles. The van der Waals surface area contributed by atoms with Crippen LogP contribution in [0.1, 0.15) is 19.8 Å². The molecule has 8 heavy (non-hydrogen) atoms. The molecule has 0 aliphatic carbocycles. The van der Waals surface area contributed by atoms with Crippen LogP contribution in [0.25, 0.3) is 0 Å². The summed E-state index contributed by atoms with van der Waals surface area (Å²) in [4.78, 5) is 0. The third kappa shape index (κ3) is 5.12. The van der Waals surface area contributed by atoms with Crippen molar-refractivity contribution >= 4 is 0 Å². The largest absolute Gasteiger partial charge is 0.103 e. The van der Waals surface area contributed by atoms with Crippen LogP contribution in [-0.4, -0.2) is 0 Å². The molecule has 41 valence electrons. The molecule has 0 heteroatoms. The predicted molar refractivity (Wildman–Crippen MR) is 35.8 cm³/mol. The summed E-state index contributed by atoms with van der Waals surface area (Å²) in [5.41, 5.74) is 0. The van der Waals surface area contributed by atoms with Gasteiger partial charge in [0.25, 0.3) is 0 Å². The SMILES string of the molecule is [CH2]C#CCC#CCC. The minimum atomic E-state index is 0.664. The Labute approximate surface area is 51.3 Å². The van der Waals surface area contributed by atoms with Crippen molar-refractivity contribution in [1.29, 1.82) is 0 Å². The Morgan fingerprint density at radius 2 is 2.00 bits per heavy atom. The van der Waals surface area contributed by atoms with Gasteiger partial charge >= 0.3 is 0 Å². The minimum absolute atomic E-state index is 0.664. The first-order valence-electron chi connectivity index (χ1n) is 2.62. The highest BCUT2D eigenvalue weighted by Crippen LogP contribution is 1.71. The number of rotatable bonds is 0. The number of hydrogen-bond donors (Lipinski definition) is 0. The molecule has 0 spiro atoms. The van der Waals surface area contributed by atoms with Crippen molar-refractivity contribution in [2.45, 2.75) is 19.8 Å². The second kappa shape index (κ2) is 6.12. The predicted octanol–water partition coefficient (Wildman–Crippen LogP) is 1.63. The van der Waals surface area contributed by atoms with Gasteiger partial charge in [-0.05, 0) is 0 Å². The highest BCUT2D eigenvalue weighted by molar-refractivity contribution is 5.12. The van der Waals surface area contributed by atoms with Crippen molar-refractivity contribution in [2.75, 3.05) is 0 Å². The lowest BCUT2D eigenvalue weighted by molar-refractivity contribution is 1.27. The van der Waals surface area contributed by atoms with E-state index in [4.69, 9.17) is 0 Å². The van der Waals surface area contributed by atoms with E-state index in [-0.39, 0.29) is 0 Å². The maximum Gasteiger partial charge on any atom is 0.0702 e. The summed E-state index contributed by atoms with van der Waals surface area (Å²) in [5.74, 6) is 11.0. The lowest BCUT2D eigenvalue weighted by Gasteiger charge is -1.67. The molecule has 0 aromatic heterocycles. The van der Waals surface area contributed by atoms with Gasteiger partial charge in [-0.15, -0.1) is 11.8 Å². The smallest absolute Gasteiger partial charge is 0.0702 e. The Morgan fingerprint density at radius 1 is 1.25 bits per heavy atom. The van der Waals surface area contributed by atoms with Crippen LogP contribution >= 0.6 is 0 Å². The minimum Gasteiger partial charge on any atom is -0.103 e. The number of hydrogen-bond acceptors (Lipinski definition) is 0. The van der Waals surface area contributed by atoms with Gasteiger partial charge in [0.2, 0.25) is 0 Å². The lowest BCUT2D eigenvalue weighted by Crippen LogP contribution is -1.57. The second-order valence-corrected chi connectivity index (χ2v) is 1.24. The van der Waals surface area contributed by atoms with Gasteiger partial charge in [-0.1, -0.05) is 18.8 Å². The molecule has 0 fully saturated rings. The Bertz CT molecular complexity index is 144. The van der Waals surface area contributed by atoms with Gasteiger partial charge in [-0.25, -0.2) is 0 Å². The van der Waals surface area contributed by atoms with Crippen molar-refractivity contribution in [3.8, 4) is 23.7 Å². The van der Waals surface area contributed by atoms with Crippen LogP contribution < -0.4 is 0 Å². The molecule has 0 saturated carbocycles. The first kappa shape index (κ1) is 7.12. The second-order valence-electron chi connectivity index (χ2n) is 1.24. The van der Waals surface area contributed by atoms with Gasteiger partial charge < -0.3 is 0 Å². The molecule has 0 nitrogen and oxygen atoms in total. The van der Waals surface area contributed by atoms with E-state index in [1.807, 2.05) is 6.92 Å². The highest BCUT2D eigenvalue weighted by atomic mass is 13.7. The summed E-state index contributed by atoms with van der Waals surface area (Å²) in [6.07, 6.45) is 1.58. The van der Waals surface area contributed by atoms with Gasteiger partial charge in [0.05, 0.1) is 6.42 Å². The van der Waals surface area contributed by atoms with E-state index in [0.717, 1.165) is 6.42 Å². The Hall–Kier alpha value is -0.880. The third-order valence-corrected chi connectivity index (χ3v) is 0.604. The molecule has 0 aliphatic rings. The van der Waals surface area contributed by atoms with E-state index in [2.05, 4.69) is 30.6 Å². The zero-order valence-electron chi connectivity index (χ0n) is 5.12. The first-order valence-corrected chi connectivity index (χ1v) is 2.62.